The van der Waals surface area contributed by atoms with E-state index in [2.05, 4.69) is 25.8 Å². The van der Waals surface area contributed by atoms with E-state index in [1.54, 1.807) is 0 Å². The summed E-state index contributed by atoms with van der Waals surface area (Å²) in [5.41, 5.74) is 2.13. The number of fused-ring (bicyclic) bond motifs is 1. The van der Waals surface area contributed by atoms with Crippen molar-refractivity contribution < 1.29 is 19.1 Å². The second kappa shape index (κ2) is 9.26. The predicted molar refractivity (Wildman–Crippen MR) is 109 cm³/mol. The van der Waals surface area contributed by atoms with Gasteiger partial charge in [0.15, 0.2) is 6.61 Å². The topological polar surface area (TPSA) is 68.4 Å². The van der Waals surface area contributed by atoms with E-state index in [-0.39, 0.29) is 25.1 Å². The number of nitrogens with one attached hydrogen (secondary N) is 1. The zero-order valence-electron chi connectivity index (χ0n) is 17.1. The molecule has 0 bridgehead atoms. The molecule has 5 heteroatoms. The first-order valence-electron chi connectivity index (χ1n) is 10.3. The SMILES string of the molecule is CC(C)[C@@H]1CC[C@H](C)C[C@H]1OC(=O)COC(=O)CCc1c[nH]c2ccccc12. The average Bonchev–Trinajstić information content (AvgIpc) is 3.08. The fourth-order valence-electron chi connectivity index (χ4n) is 4.24. The number of para-hydroxylation sites is 1. The Kier molecular flexibility index (Phi) is 6.76. The van der Waals surface area contributed by atoms with E-state index >= 15 is 0 Å². The van der Waals surface area contributed by atoms with Gasteiger partial charge in [0, 0.05) is 23.5 Å². The van der Waals surface area contributed by atoms with E-state index in [9.17, 15) is 9.59 Å². The van der Waals surface area contributed by atoms with Crippen molar-refractivity contribution in [1.29, 1.82) is 0 Å². The molecule has 0 radical (unpaired) electrons. The number of carbonyl (C=O) groups is 2. The van der Waals surface area contributed by atoms with E-state index in [0.29, 0.717) is 24.2 Å². The summed E-state index contributed by atoms with van der Waals surface area (Å²) in [4.78, 5) is 27.4. The van der Waals surface area contributed by atoms with Gasteiger partial charge >= 0.3 is 11.9 Å². The Morgan fingerprint density at radius 2 is 1.96 bits per heavy atom. The Hall–Kier alpha value is -2.30. The summed E-state index contributed by atoms with van der Waals surface area (Å²) >= 11 is 0. The zero-order chi connectivity index (χ0) is 20.1. The highest BCUT2D eigenvalue weighted by Crippen LogP contribution is 2.35. The molecule has 1 aromatic carbocycles. The second-order valence-electron chi connectivity index (χ2n) is 8.37. The molecule has 1 aliphatic carbocycles. The molecule has 2 aromatic rings. The molecule has 3 atom stereocenters. The summed E-state index contributed by atoms with van der Waals surface area (Å²) in [6, 6.07) is 7.98. The molecule has 1 saturated carbocycles. The molecule has 3 rings (SSSR count). The minimum atomic E-state index is -0.440. The number of ether oxygens (including phenoxy) is 2. The van der Waals surface area contributed by atoms with Crippen molar-refractivity contribution in [3.8, 4) is 0 Å². The van der Waals surface area contributed by atoms with Crippen LogP contribution in [0.3, 0.4) is 0 Å². The van der Waals surface area contributed by atoms with Gasteiger partial charge in [-0.05, 0) is 48.6 Å². The highest BCUT2D eigenvalue weighted by Gasteiger charge is 2.33. The van der Waals surface area contributed by atoms with Crippen LogP contribution in [0.25, 0.3) is 10.9 Å². The molecule has 1 aliphatic rings. The molecule has 1 aromatic heterocycles. The van der Waals surface area contributed by atoms with Gasteiger partial charge in [-0.15, -0.1) is 0 Å². The van der Waals surface area contributed by atoms with E-state index < -0.39 is 5.97 Å². The standard InChI is InChI=1S/C23H31NO4/c1-15(2)18-10-8-16(3)12-21(18)28-23(26)14-27-22(25)11-9-17-13-24-20-7-5-4-6-19(17)20/h4-7,13,15-16,18,21,24H,8-12,14H2,1-3H3/t16-,18-,21+/m0/s1. The highest BCUT2D eigenvalue weighted by atomic mass is 16.6. The lowest BCUT2D eigenvalue weighted by molar-refractivity contribution is -0.167. The molecule has 0 unspecified atom stereocenters. The third-order valence-corrected chi connectivity index (χ3v) is 5.87. The quantitative estimate of drug-likeness (QED) is 0.705. The Bertz CT molecular complexity index is 810. The molecule has 0 spiro atoms. The van der Waals surface area contributed by atoms with Crippen molar-refractivity contribution >= 4 is 22.8 Å². The summed E-state index contributed by atoms with van der Waals surface area (Å²) in [5, 5.41) is 1.11. The smallest absolute Gasteiger partial charge is 0.344 e. The van der Waals surface area contributed by atoms with E-state index in [1.165, 1.54) is 6.42 Å². The first kappa shape index (κ1) is 20.4. The molecule has 5 nitrogen and oxygen atoms in total. The van der Waals surface area contributed by atoms with Crippen molar-refractivity contribution in [3.05, 3.63) is 36.0 Å². The Labute approximate surface area is 166 Å². The summed E-state index contributed by atoms with van der Waals surface area (Å²) in [5.74, 6) is 0.609. The minimum Gasteiger partial charge on any atom is -0.460 e. The van der Waals surface area contributed by atoms with Crippen LogP contribution in [0.2, 0.25) is 0 Å². The van der Waals surface area contributed by atoms with Crippen LogP contribution in [-0.2, 0) is 25.5 Å². The van der Waals surface area contributed by atoms with Gasteiger partial charge < -0.3 is 14.5 Å². The van der Waals surface area contributed by atoms with Crippen LogP contribution in [-0.4, -0.2) is 29.6 Å². The second-order valence-corrected chi connectivity index (χ2v) is 8.37. The van der Waals surface area contributed by atoms with Crippen molar-refractivity contribution in [2.45, 2.75) is 59.0 Å². The van der Waals surface area contributed by atoms with Crippen LogP contribution >= 0.6 is 0 Å². The maximum absolute atomic E-state index is 12.2. The lowest BCUT2D eigenvalue weighted by atomic mass is 9.75. The molecular formula is C23H31NO4. The highest BCUT2D eigenvalue weighted by molar-refractivity contribution is 5.84. The summed E-state index contributed by atoms with van der Waals surface area (Å²) in [6.45, 7) is 6.24. The number of esters is 2. The zero-order valence-corrected chi connectivity index (χ0v) is 17.1. The van der Waals surface area contributed by atoms with Crippen molar-refractivity contribution in [2.24, 2.45) is 17.8 Å². The van der Waals surface area contributed by atoms with Crippen LogP contribution in [0.4, 0.5) is 0 Å². The molecule has 0 saturated heterocycles. The monoisotopic (exact) mass is 385 g/mol. The van der Waals surface area contributed by atoms with E-state index in [1.807, 2.05) is 30.5 Å². The molecular weight excluding hydrogens is 354 g/mol. The van der Waals surface area contributed by atoms with Crippen LogP contribution in [0.1, 0.15) is 52.0 Å². The normalized spacial score (nSPS) is 22.4. The Morgan fingerprint density at radius 3 is 2.75 bits per heavy atom. The molecule has 1 N–H and O–H groups in total. The van der Waals surface area contributed by atoms with Gasteiger partial charge in [0.2, 0.25) is 0 Å². The van der Waals surface area contributed by atoms with E-state index in [0.717, 1.165) is 29.3 Å². The first-order chi connectivity index (χ1) is 13.4. The number of aryl methyl sites for hydroxylation is 1. The largest absolute Gasteiger partial charge is 0.460 e. The molecule has 28 heavy (non-hydrogen) atoms. The number of rotatable bonds is 7. The van der Waals surface area contributed by atoms with Gasteiger partial charge in [-0.3, -0.25) is 4.79 Å². The molecule has 0 aliphatic heterocycles. The van der Waals surface area contributed by atoms with Crippen LogP contribution in [0.15, 0.2) is 30.5 Å². The van der Waals surface area contributed by atoms with Crippen molar-refractivity contribution in [1.82, 2.24) is 4.98 Å². The molecule has 1 heterocycles. The molecule has 152 valence electrons. The summed E-state index contributed by atoms with van der Waals surface area (Å²) in [6.07, 6.45) is 5.82. The molecule has 1 fully saturated rings. The van der Waals surface area contributed by atoms with Crippen molar-refractivity contribution in [2.75, 3.05) is 6.61 Å². The third-order valence-electron chi connectivity index (χ3n) is 5.87. The van der Waals surface area contributed by atoms with Gasteiger partial charge in [0.1, 0.15) is 6.10 Å². The fourth-order valence-corrected chi connectivity index (χ4v) is 4.24. The average molecular weight is 386 g/mol. The number of aromatic nitrogens is 1. The lowest BCUT2D eigenvalue weighted by Gasteiger charge is -2.36. The number of aromatic amines is 1. The van der Waals surface area contributed by atoms with Gasteiger partial charge in [-0.2, -0.15) is 0 Å². The number of H-pyrrole nitrogens is 1. The van der Waals surface area contributed by atoms with Gasteiger partial charge in [-0.1, -0.05) is 45.4 Å². The van der Waals surface area contributed by atoms with Crippen LogP contribution in [0, 0.1) is 17.8 Å². The first-order valence-corrected chi connectivity index (χ1v) is 10.3. The van der Waals surface area contributed by atoms with Gasteiger partial charge in [0.25, 0.3) is 0 Å². The van der Waals surface area contributed by atoms with Gasteiger partial charge in [-0.25, -0.2) is 4.79 Å². The number of hydrogen-bond donors (Lipinski definition) is 1. The Morgan fingerprint density at radius 1 is 1.18 bits per heavy atom. The lowest BCUT2D eigenvalue weighted by Crippen LogP contribution is -2.36. The van der Waals surface area contributed by atoms with Crippen LogP contribution < -0.4 is 0 Å². The third kappa shape index (κ3) is 5.15. The maximum Gasteiger partial charge on any atom is 0.344 e. The fraction of sp³-hybridized carbons (Fsp3) is 0.565. The number of benzene rings is 1. The number of hydrogen-bond acceptors (Lipinski definition) is 4. The maximum atomic E-state index is 12.2. The summed E-state index contributed by atoms with van der Waals surface area (Å²) < 4.78 is 10.8. The number of carbonyl (C=O) groups excluding carboxylic acids is 2. The Balaban J connectivity index is 1.44. The van der Waals surface area contributed by atoms with E-state index in [4.69, 9.17) is 9.47 Å². The van der Waals surface area contributed by atoms with Crippen LogP contribution in [0.5, 0.6) is 0 Å². The minimum absolute atomic E-state index is 0.0684. The van der Waals surface area contributed by atoms with Gasteiger partial charge in [0.05, 0.1) is 0 Å². The molecule has 0 amide bonds. The predicted octanol–water partition coefficient (Wildman–Crippen LogP) is 4.65. The van der Waals surface area contributed by atoms with Crippen molar-refractivity contribution in [3.63, 3.8) is 0 Å². The summed E-state index contributed by atoms with van der Waals surface area (Å²) in [7, 11) is 0.